The Balaban J connectivity index is 1.34. The fraction of sp³-hybridized carbons (Fsp3) is 0. The quantitative estimate of drug-likeness (QED) is 0.197. The van der Waals surface area contributed by atoms with E-state index in [2.05, 4.69) is 157 Å². The van der Waals surface area contributed by atoms with Gasteiger partial charge >= 0.3 is 0 Å². The highest BCUT2D eigenvalue weighted by Crippen LogP contribution is 2.49. The smallest absolute Gasteiger partial charge is 0.135 e. The molecule has 0 fully saturated rings. The number of rotatable bonds is 5. The van der Waals surface area contributed by atoms with E-state index >= 15 is 0 Å². The zero-order valence-electron chi connectivity index (χ0n) is 24.4. The van der Waals surface area contributed by atoms with Gasteiger partial charge in [0.15, 0.2) is 0 Å². The Labute approximate surface area is 265 Å². The molecule has 0 aliphatic carbocycles. The van der Waals surface area contributed by atoms with Gasteiger partial charge in [0.05, 0.1) is 10.4 Å². The molecule has 2 nitrogen and oxygen atoms in total. The van der Waals surface area contributed by atoms with E-state index in [-0.39, 0.29) is 0 Å². The van der Waals surface area contributed by atoms with E-state index in [1.165, 1.54) is 42.4 Å². The lowest BCUT2D eigenvalue weighted by Crippen LogP contribution is -2.10. The maximum absolute atomic E-state index is 6.23. The number of para-hydroxylation sites is 1. The van der Waals surface area contributed by atoms with Gasteiger partial charge in [-0.2, -0.15) is 0 Å². The van der Waals surface area contributed by atoms with Crippen molar-refractivity contribution in [1.29, 1.82) is 0 Å². The number of hydrogen-bond acceptors (Lipinski definition) is 3. The van der Waals surface area contributed by atoms with Crippen LogP contribution in [0, 0.1) is 0 Å². The van der Waals surface area contributed by atoms with Crippen LogP contribution >= 0.6 is 11.3 Å². The lowest BCUT2D eigenvalue weighted by atomic mass is 9.98. The van der Waals surface area contributed by atoms with Crippen LogP contribution in [0.1, 0.15) is 0 Å². The molecule has 2 aromatic heterocycles. The van der Waals surface area contributed by atoms with Crippen molar-refractivity contribution in [3.8, 4) is 22.3 Å². The summed E-state index contributed by atoms with van der Waals surface area (Å²) in [7, 11) is 0. The highest BCUT2D eigenvalue weighted by Gasteiger charge is 2.22. The van der Waals surface area contributed by atoms with Crippen LogP contribution in [0.15, 0.2) is 168 Å². The summed E-state index contributed by atoms with van der Waals surface area (Å²) in [5.74, 6) is 0. The molecule has 0 saturated carbocycles. The number of anilines is 3. The van der Waals surface area contributed by atoms with Crippen molar-refractivity contribution in [2.24, 2.45) is 0 Å². The molecule has 0 aliphatic heterocycles. The molecule has 0 atom stereocenters. The fourth-order valence-corrected chi connectivity index (χ4v) is 7.82. The van der Waals surface area contributed by atoms with Crippen LogP contribution < -0.4 is 4.90 Å². The molecule has 0 saturated heterocycles. The molecule has 3 heteroatoms. The van der Waals surface area contributed by atoms with Gasteiger partial charge in [-0.25, -0.2) is 0 Å². The number of benzene rings is 7. The van der Waals surface area contributed by atoms with Crippen molar-refractivity contribution in [2.75, 3.05) is 4.90 Å². The van der Waals surface area contributed by atoms with E-state index in [0.717, 1.165) is 39.0 Å². The normalized spacial score (nSPS) is 11.6. The minimum Gasteiger partial charge on any atom is -0.456 e. The maximum atomic E-state index is 6.23. The van der Waals surface area contributed by atoms with Gasteiger partial charge < -0.3 is 9.32 Å². The van der Waals surface area contributed by atoms with Crippen LogP contribution in [0.3, 0.4) is 0 Å². The first kappa shape index (κ1) is 25.8. The molecule has 9 rings (SSSR count). The summed E-state index contributed by atoms with van der Waals surface area (Å²) in [6.07, 6.45) is 0. The predicted octanol–water partition coefficient (Wildman–Crippen LogP) is 12.8. The summed E-state index contributed by atoms with van der Waals surface area (Å²) in [6, 6.07) is 58.5. The van der Waals surface area contributed by atoms with Gasteiger partial charge in [0.2, 0.25) is 0 Å². The van der Waals surface area contributed by atoms with Gasteiger partial charge in [0.25, 0.3) is 0 Å². The van der Waals surface area contributed by atoms with Crippen LogP contribution in [0.2, 0.25) is 0 Å². The predicted molar refractivity (Wildman–Crippen MR) is 192 cm³/mol. The van der Waals surface area contributed by atoms with Gasteiger partial charge in [-0.05, 0) is 70.8 Å². The van der Waals surface area contributed by atoms with E-state index in [1.807, 2.05) is 23.5 Å². The number of nitrogens with zero attached hydrogens (tertiary/aromatic N) is 1. The molecule has 0 bridgehead atoms. The third-order valence-corrected chi connectivity index (χ3v) is 9.85. The summed E-state index contributed by atoms with van der Waals surface area (Å²) in [5.41, 5.74) is 10.0. The maximum Gasteiger partial charge on any atom is 0.135 e. The van der Waals surface area contributed by atoms with Gasteiger partial charge in [-0.3, -0.25) is 0 Å². The van der Waals surface area contributed by atoms with E-state index < -0.39 is 0 Å². The fourth-order valence-electron chi connectivity index (χ4n) is 6.58. The van der Waals surface area contributed by atoms with Crippen LogP contribution in [0.25, 0.3) is 64.4 Å². The summed E-state index contributed by atoms with van der Waals surface area (Å²) in [4.78, 5) is 2.42. The second-order valence-corrected chi connectivity index (χ2v) is 12.4. The van der Waals surface area contributed by atoms with Crippen molar-refractivity contribution in [3.63, 3.8) is 0 Å². The Hall–Kier alpha value is -5.64. The third-order valence-electron chi connectivity index (χ3n) is 8.66. The van der Waals surface area contributed by atoms with E-state index in [4.69, 9.17) is 4.42 Å². The molecule has 0 amide bonds. The Morgan fingerprint density at radius 2 is 1.11 bits per heavy atom. The Morgan fingerprint density at radius 1 is 0.444 bits per heavy atom. The van der Waals surface area contributed by atoms with Gasteiger partial charge in [0.1, 0.15) is 11.2 Å². The van der Waals surface area contributed by atoms with Gasteiger partial charge in [-0.15, -0.1) is 11.3 Å². The summed E-state index contributed by atoms with van der Waals surface area (Å²) < 4.78 is 8.78. The standard InChI is InChI=1S/C42H27NOS/c1-3-12-28(13-4-1)30-16-11-17-31(26-30)43(32-22-25-39-36(27-32)34-18-7-9-20-38(34)44-39)37-24-23-33(29-14-5-2-6-15-29)41-35-19-8-10-21-40(35)45-42(37)41/h1-27H. The van der Waals surface area contributed by atoms with Gasteiger partial charge in [-0.1, -0.05) is 115 Å². The molecule has 212 valence electrons. The highest BCUT2D eigenvalue weighted by atomic mass is 32.1. The van der Waals surface area contributed by atoms with E-state index in [1.54, 1.807) is 0 Å². The molecule has 7 aromatic carbocycles. The lowest BCUT2D eigenvalue weighted by Gasteiger charge is -2.27. The lowest BCUT2D eigenvalue weighted by molar-refractivity contribution is 0.669. The Bertz CT molecular complexity index is 2490. The second-order valence-electron chi connectivity index (χ2n) is 11.3. The highest BCUT2D eigenvalue weighted by molar-refractivity contribution is 7.26. The van der Waals surface area contributed by atoms with Crippen LogP contribution in [0.4, 0.5) is 17.1 Å². The van der Waals surface area contributed by atoms with Crippen molar-refractivity contribution in [2.45, 2.75) is 0 Å². The SMILES string of the molecule is c1ccc(-c2cccc(N(c3ccc4oc5ccccc5c4c3)c3ccc(-c4ccccc4)c4c3sc3ccccc34)c2)cc1. The minimum absolute atomic E-state index is 0.893. The monoisotopic (exact) mass is 593 g/mol. The first-order chi connectivity index (χ1) is 22.3. The number of fused-ring (bicyclic) bond motifs is 6. The second kappa shape index (κ2) is 10.5. The Kier molecular flexibility index (Phi) is 6.03. The molecule has 0 radical (unpaired) electrons. The van der Waals surface area contributed by atoms with E-state index in [9.17, 15) is 0 Å². The van der Waals surface area contributed by atoms with Crippen molar-refractivity contribution in [1.82, 2.24) is 0 Å². The van der Waals surface area contributed by atoms with Crippen molar-refractivity contribution in [3.05, 3.63) is 164 Å². The number of furan rings is 1. The molecular weight excluding hydrogens is 567 g/mol. The third kappa shape index (κ3) is 4.32. The topological polar surface area (TPSA) is 16.4 Å². The van der Waals surface area contributed by atoms with Gasteiger partial charge in [0, 0.05) is 37.6 Å². The molecule has 0 N–H and O–H groups in total. The summed E-state index contributed by atoms with van der Waals surface area (Å²) in [5, 5.41) is 4.81. The van der Waals surface area contributed by atoms with Crippen LogP contribution in [0.5, 0.6) is 0 Å². The molecular formula is C42H27NOS. The summed E-state index contributed by atoms with van der Waals surface area (Å²) in [6.45, 7) is 0. The van der Waals surface area contributed by atoms with Crippen LogP contribution in [-0.4, -0.2) is 0 Å². The molecule has 9 aromatic rings. The summed E-state index contributed by atoms with van der Waals surface area (Å²) >= 11 is 1.86. The van der Waals surface area contributed by atoms with Crippen LogP contribution in [-0.2, 0) is 0 Å². The molecule has 2 heterocycles. The minimum atomic E-state index is 0.893. The molecule has 0 unspecified atom stereocenters. The Morgan fingerprint density at radius 3 is 1.96 bits per heavy atom. The molecule has 0 spiro atoms. The largest absolute Gasteiger partial charge is 0.456 e. The number of thiophene rings is 1. The average molecular weight is 594 g/mol. The first-order valence-corrected chi connectivity index (χ1v) is 16.0. The van der Waals surface area contributed by atoms with Crippen molar-refractivity contribution < 1.29 is 4.42 Å². The average Bonchev–Trinajstić information content (AvgIpc) is 3.68. The van der Waals surface area contributed by atoms with E-state index in [0.29, 0.717) is 0 Å². The molecule has 45 heavy (non-hydrogen) atoms. The zero-order valence-corrected chi connectivity index (χ0v) is 25.2. The number of hydrogen-bond donors (Lipinski definition) is 0. The first-order valence-electron chi connectivity index (χ1n) is 15.2. The molecule has 0 aliphatic rings. The zero-order chi connectivity index (χ0) is 29.7. The van der Waals surface area contributed by atoms with Crippen molar-refractivity contribution >= 4 is 70.5 Å².